The Balaban J connectivity index is 1.14. The van der Waals surface area contributed by atoms with Gasteiger partial charge < -0.3 is 26.4 Å². The van der Waals surface area contributed by atoms with Gasteiger partial charge >= 0.3 is 11.7 Å². The predicted octanol–water partition coefficient (Wildman–Crippen LogP) is 0.669. The van der Waals surface area contributed by atoms with Gasteiger partial charge in [0.2, 0.25) is 5.91 Å². The van der Waals surface area contributed by atoms with Crippen molar-refractivity contribution in [1.29, 1.82) is 0 Å². The van der Waals surface area contributed by atoms with Crippen LogP contribution >= 0.6 is 0 Å². The third-order valence-electron chi connectivity index (χ3n) is 8.76. The van der Waals surface area contributed by atoms with E-state index in [1.165, 1.54) is 42.1 Å². The molecule has 216 valence electrons. The fraction of sp³-hybridized carbons (Fsp3) is 0.571. The van der Waals surface area contributed by atoms with Crippen LogP contribution in [-0.2, 0) is 11.3 Å². The molecule has 2 saturated heterocycles. The predicted molar refractivity (Wildman–Crippen MR) is 151 cm³/mol. The van der Waals surface area contributed by atoms with Gasteiger partial charge in [0, 0.05) is 45.5 Å². The summed E-state index contributed by atoms with van der Waals surface area (Å²) >= 11 is 0. The van der Waals surface area contributed by atoms with Gasteiger partial charge in [-0.25, -0.2) is 9.59 Å². The van der Waals surface area contributed by atoms with Gasteiger partial charge in [0.15, 0.2) is 0 Å². The van der Waals surface area contributed by atoms with E-state index in [1.54, 1.807) is 17.2 Å². The summed E-state index contributed by atoms with van der Waals surface area (Å²) in [5.74, 6) is -0.204. The summed E-state index contributed by atoms with van der Waals surface area (Å²) in [6, 6.07) is 8.98. The number of nitrogens with zero attached hydrogens (tertiary/aromatic N) is 5. The highest BCUT2D eigenvalue weighted by atomic mass is 16.3. The zero-order chi connectivity index (χ0) is 28.5. The number of hydrogen-bond donors (Lipinski definition) is 4. The number of anilines is 1. The Labute approximate surface area is 233 Å². The minimum Gasteiger partial charge on any atom is -0.394 e. The normalized spacial score (nSPS) is 22.4. The Hall–Kier alpha value is -3.32. The molecule has 0 radical (unpaired) electrons. The SMILES string of the molecule is CC(N)(CO)C(=O)N1CCN(C(=O)Nc2ccn(-c3ccc(CN4CCC5(CCC5)CC4N)cc3)c(=O)n2)CC1. The Bertz CT molecular complexity index is 1280. The molecule has 2 atom stereocenters. The van der Waals surface area contributed by atoms with Gasteiger partial charge in [-0.15, -0.1) is 0 Å². The number of piperidine rings is 1. The second-order valence-electron chi connectivity index (χ2n) is 11.8. The molecule has 3 amide bonds. The molecular formula is C28H40N8O4. The fourth-order valence-electron chi connectivity index (χ4n) is 5.94. The van der Waals surface area contributed by atoms with Gasteiger partial charge in [-0.3, -0.25) is 19.6 Å². The number of carbonyl (C=O) groups is 2. The van der Waals surface area contributed by atoms with Gasteiger partial charge in [0.05, 0.1) is 18.5 Å². The number of carbonyl (C=O) groups excluding carboxylic acids is 2. The summed E-state index contributed by atoms with van der Waals surface area (Å²) in [6.45, 7) is 4.02. The van der Waals surface area contributed by atoms with Crippen molar-refractivity contribution in [2.24, 2.45) is 16.9 Å². The lowest BCUT2D eigenvalue weighted by Crippen LogP contribution is -2.60. The molecule has 12 nitrogen and oxygen atoms in total. The molecule has 1 saturated carbocycles. The van der Waals surface area contributed by atoms with Crippen LogP contribution in [0.25, 0.3) is 5.69 Å². The molecule has 3 aliphatic rings. The Kier molecular flexibility index (Phi) is 7.96. The lowest BCUT2D eigenvalue weighted by atomic mass is 9.62. The minimum absolute atomic E-state index is 0.0858. The minimum atomic E-state index is -1.35. The number of aliphatic hydroxyl groups excluding tert-OH is 1. The van der Waals surface area contributed by atoms with Crippen LogP contribution in [0.5, 0.6) is 0 Å². The van der Waals surface area contributed by atoms with Gasteiger partial charge in [-0.2, -0.15) is 4.98 Å². The Morgan fingerprint density at radius 2 is 1.75 bits per heavy atom. The summed E-state index contributed by atoms with van der Waals surface area (Å²) in [5, 5.41) is 12.0. The molecule has 3 fully saturated rings. The number of nitrogens with two attached hydrogens (primary N) is 2. The van der Waals surface area contributed by atoms with Crippen LogP contribution < -0.4 is 22.5 Å². The maximum atomic E-state index is 12.8. The highest BCUT2D eigenvalue weighted by Crippen LogP contribution is 2.49. The average molecular weight is 553 g/mol. The molecule has 1 aromatic carbocycles. The largest absolute Gasteiger partial charge is 0.394 e. The van der Waals surface area contributed by atoms with E-state index in [-0.39, 0.29) is 17.9 Å². The quantitative estimate of drug-likeness (QED) is 0.406. The van der Waals surface area contributed by atoms with Crippen LogP contribution in [0.3, 0.4) is 0 Å². The lowest BCUT2D eigenvalue weighted by Gasteiger charge is -2.50. The number of hydrogen-bond acceptors (Lipinski definition) is 8. The van der Waals surface area contributed by atoms with Crippen LogP contribution in [0.1, 0.15) is 44.6 Å². The van der Waals surface area contributed by atoms with Crippen molar-refractivity contribution in [3.05, 3.63) is 52.6 Å². The number of aromatic nitrogens is 2. The van der Waals surface area contributed by atoms with Crippen molar-refractivity contribution in [2.75, 3.05) is 44.6 Å². The first kappa shape index (κ1) is 28.2. The average Bonchev–Trinajstić information content (AvgIpc) is 2.93. The molecule has 1 aromatic heterocycles. The van der Waals surface area contributed by atoms with Crippen LogP contribution in [0.4, 0.5) is 10.6 Å². The topological polar surface area (TPSA) is 163 Å². The molecule has 0 bridgehead atoms. The first-order chi connectivity index (χ1) is 19.1. The van der Waals surface area contributed by atoms with Crippen molar-refractivity contribution in [3.8, 4) is 5.69 Å². The van der Waals surface area contributed by atoms with Gasteiger partial charge in [0.1, 0.15) is 11.4 Å². The van der Waals surface area contributed by atoms with Crippen molar-refractivity contribution >= 4 is 17.8 Å². The second-order valence-corrected chi connectivity index (χ2v) is 11.8. The first-order valence-electron chi connectivity index (χ1n) is 14.0. The highest BCUT2D eigenvalue weighted by Gasteiger charge is 2.42. The molecule has 2 unspecified atom stereocenters. The van der Waals surface area contributed by atoms with E-state index < -0.39 is 23.9 Å². The summed E-state index contributed by atoms with van der Waals surface area (Å²) in [5.41, 5.74) is 12.8. The lowest BCUT2D eigenvalue weighted by molar-refractivity contribution is -0.139. The number of nitrogens with one attached hydrogen (secondary N) is 1. The number of likely N-dealkylation sites (tertiary alicyclic amines) is 1. The molecular weight excluding hydrogens is 512 g/mol. The van der Waals surface area contributed by atoms with Crippen LogP contribution in [0.15, 0.2) is 41.3 Å². The van der Waals surface area contributed by atoms with Crippen molar-refractivity contribution in [2.45, 2.75) is 57.3 Å². The van der Waals surface area contributed by atoms with Gasteiger partial charge in [0.25, 0.3) is 0 Å². The zero-order valence-corrected chi connectivity index (χ0v) is 23.1. The van der Waals surface area contributed by atoms with E-state index in [9.17, 15) is 19.5 Å². The number of piperazine rings is 1. The number of urea groups is 1. The fourth-order valence-corrected chi connectivity index (χ4v) is 5.94. The number of amides is 3. The molecule has 2 aromatic rings. The maximum absolute atomic E-state index is 12.8. The van der Waals surface area contributed by atoms with E-state index in [2.05, 4.69) is 15.2 Å². The number of benzene rings is 1. The molecule has 3 heterocycles. The summed E-state index contributed by atoms with van der Waals surface area (Å²) in [4.78, 5) is 47.4. The van der Waals surface area contributed by atoms with Gasteiger partial charge in [-0.05, 0) is 61.8 Å². The first-order valence-corrected chi connectivity index (χ1v) is 14.0. The van der Waals surface area contributed by atoms with Crippen LogP contribution in [0, 0.1) is 5.41 Å². The van der Waals surface area contributed by atoms with Crippen molar-refractivity contribution in [1.82, 2.24) is 24.3 Å². The molecule has 2 aliphatic heterocycles. The third kappa shape index (κ3) is 5.90. The molecule has 5 rings (SSSR count). The van der Waals surface area contributed by atoms with E-state index in [4.69, 9.17) is 11.5 Å². The summed E-state index contributed by atoms with van der Waals surface area (Å²) in [6.07, 6.45) is 7.93. The highest BCUT2D eigenvalue weighted by molar-refractivity contribution is 5.89. The summed E-state index contributed by atoms with van der Waals surface area (Å²) < 4.78 is 1.43. The second kappa shape index (κ2) is 11.3. The standard InChI is InChI=1S/C28H40N8O4/c1-27(30,19-37)24(38)33-13-15-34(16-14-33)25(39)31-23-7-11-36(26(40)32-23)21-5-3-20(4-6-21)18-35-12-10-28(8-2-9-28)17-22(35)29/h3-7,11,22,37H,2,8-10,12-19,29-30H2,1H3,(H,31,32,39,40). The molecule has 12 heteroatoms. The molecule has 1 aliphatic carbocycles. The number of aliphatic hydroxyl groups is 1. The van der Waals surface area contributed by atoms with Gasteiger partial charge in [-0.1, -0.05) is 18.6 Å². The van der Waals surface area contributed by atoms with E-state index >= 15 is 0 Å². The molecule has 6 N–H and O–H groups in total. The third-order valence-corrected chi connectivity index (χ3v) is 8.76. The molecule has 40 heavy (non-hydrogen) atoms. The van der Waals surface area contributed by atoms with Crippen LogP contribution in [-0.4, -0.2) is 92.3 Å². The van der Waals surface area contributed by atoms with Crippen molar-refractivity contribution in [3.63, 3.8) is 0 Å². The zero-order valence-electron chi connectivity index (χ0n) is 23.1. The Morgan fingerprint density at radius 3 is 2.33 bits per heavy atom. The van der Waals surface area contributed by atoms with E-state index in [1.807, 2.05) is 24.3 Å². The van der Waals surface area contributed by atoms with E-state index in [0.29, 0.717) is 37.3 Å². The monoisotopic (exact) mass is 552 g/mol. The Morgan fingerprint density at radius 1 is 1.07 bits per heavy atom. The maximum Gasteiger partial charge on any atom is 0.354 e. The van der Waals surface area contributed by atoms with E-state index in [0.717, 1.165) is 25.1 Å². The number of rotatable bonds is 6. The summed E-state index contributed by atoms with van der Waals surface area (Å²) in [7, 11) is 0. The van der Waals surface area contributed by atoms with Crippen LogP contribution in [0.2, 0.25) is 0 Å². The van der Waals surface area contributed by atoms with Crippen molar-refractivity contribution < 1.29 is 14.7 Å². The molecule has 1 spiro atoms. The smallest absolute Gasteiger partial charge is 0.354 e.